The molecule has 0 aliphatic carbocycles. The van der Waals surface area contributed by atoms with Crippen molar-refractivity contribution in [3.8, 4) is 0 Å². The molecule has 0 aromatic rings. The standard InChI is InChI=1S/C13H25NO.2C2H6/c1-6-11(2)9-7-8-10-12(3)13(15)14(4)5;2*1-2/h7-8,11-12H,6,9-10H2,1-5H3;2*1-2H3/b8-7+;;/t11?,12-;;/m1../s1. The quantitative estimate of drug-likeness (QED) is 0.612. The van der Waals surface area contributed by atoms with Crippen molar-refractivity contribution >= 4 is 5.91 Å². The molecule has 0 aromatic heterocycles. The number of allylic oxidation sites excluding steroid dienone is 2. The summed E-state index contributed by atoms with van der Waals surface area (Å²) in [4.78, 5) is 13.2. The maximum atomic E-state index is 11.5. The van der Waals surface area contributed by atoms with Crippen molar-refractivity contribution < 1.29 is 4.79 Å². The number of hydrogen-bond acceptors (Lipinski definition) is 1. The minimum Gasteiger partial charge on any atom is -0.349 e. The van der Waals surface area contributed by atoms with Gasteiger partial charge in [0.1, 0.15) is 0 Å². The third kappa shape index (κ3) is 15.2. The highest BCUT2D eigenvalue weighted by Gasteiger charge is 2.12. The Labute approximate surface area is 122 Å². The van der Waals surface area contributed by atoms with E-state index < -0.39 is 0 Å². The van der Waals surface area contributed by atoms with Crippen LogP contribution in [0.5, 0.6) is 0 Å². The molecule has 1 amide bonds. The second-order valence-corrected chi connectivity index (χ2v) is 4.59. The summed E-state index contributed by atoms with van der Waals surface area (Å²) in [6.07, 6.45) is 7.54. The highest BCUT2D eigenvalue weighted by molar-refractivity contribution is 5.78. The molecule has 0 aliphatic heterocycles. The Bertz CT molecular complexity index is 209. The average molecular weight is 271 g/mol. The number of nitrogens with zero attached hydrogens (tertiary/aromatic N) is 1. The molecular weight excluding hydrogens is 234 g/mol. The summed E-state index contributed by atoms with van der Waals surface area (Å²) in [6, 6.07) is 0. The van der Waals surface area contributed by atoms with Crippen LogP contribution in [0.25, 0.3) is 0 Å². The molecule has 0 N–H and O–H groups in total. The summed E-state index contributed by atoms with van der Waals surface area (Å²) in [5, 5.41) is 0. The van der Waals surface area contributed by atoms with Crippen molar-refractivity contribution in [1.82, 2.24) is 4.90 Å². The molecule has 0 fully saturated rings. The van der Waals surface area contributed by atoms with Crippen molar-refractivity contribution in [3.05, 3.63) is 12.2 Å². The summed E-state index contributed by atoms with van der Waals surface area (Å²) in [7, 11) is 3.61. The van der Waals surface area contributed by atoms with Crippen LogP contribution in [0.1, 0.15) is 67.7 Å². The van der Waals surface area contributed by atoms with Crippen molar-refractivity contribution in [1.29, 1.82) is 0 Å². The lowest BCUT2D eigenvalue weighted by molar-refractivity contribution is -0.132. The van der Waals surface area contributed by atoms with E-state index in [1.807, 2.05) is 48.7 Å². The summed E-state index contributed by atoms with van der Waals surface area (Å²) in [6.45, 7) is 14.4. The van der Waals surface area contributed by atoms with Gasteiger partial charge in [0.25, 0.3) is 0 Å². The fourth-order valence-corrected chi connectivity index (χ4v) is 1.34. The zero-order valence-electron chi connectivity index (χ0n) is 14.8. The predicted octanol–water partition coefficient (Wildman–Crippen LogP) is 5.15. The van der Waals surface area contributed by atoms with Gasteiger partial charge in [0, 0.05) is 20.0 Å². The van der Waals surface area contributed by atoms with Gasteiger partial charge < -0.3 is 4.90 Å². The molecular formula is C17H37NO. The van der Waals surface area contributed by atoms with E-state index in [-0.39, 0.29) is 11.8 Å². The lowest BCUT2D eigenvalue weighted by Gasteiger charge is -2.15. The molecule has 19 heavy (non-hydrogen) atoms. The number of amides is 1. The zero-order chi connectivity index (χ0) is 15.8. The van der Waals surface area contributed by atoms with Gasteiger partial charge in [-0.15, -0.1) is 0 Å². The molecule has 0 spiro atoms. The molecule has 116 valence electrons. The van der Waals surface area contributed by atoms with Crippen LogP contribution in [0.3, 0.4) is 0 Å². The first kappa shape index (κ1) is 23.3. The predicted molar refractivity (Wildman–Crippen MR) is 88.4 cm³/mol. The molecule has 0 heterocycles. The summed E-state index contributed by atoms with van der Waals surface area (Å²) in [5.41, 5.74) is 0. The van der Waals surface area contributed by atoms with E-state index in [9.17, 15) is 4.79 Å². The van der Waals surface area contributed by atoms with E-state index in [4.69, 9.17) is 0 Å². The summed E-state index contributed by atoms with van der Waals surface area (Å²) in [5.74, 6) is 1.07. The van der Waals surface area contributed by atoms with Gasteiger partial charge >= 0.3 is 0 Å². The number of carbonyl (C=O) groups is 1. The Morgan fingerprint density at radius 1 is 1.00 bits per heavy atom. The van der Waals surface area contributed by atoms with E-state index in [2.05, 4.69) is 26.0 Å². The van der Waals surface area contributed by atoms with E-state index >= 15 is 0 Å². The first-order valence-corrected chi connectivity index (χ1v) is 7.85. The molecule has 0 saturated heterocycles. The molecule has 0 saturated carbocycles. The van der Waals surface area contributed by atoms with Gasteiger partial charge in [0.15, 0.2) is 0 Å². The molecule has 1 unspecified atom stereocenters. The van der Waals surface area contributed by atoms with Crippen LogP contribution in [-0.4, -0.2) is 24.9 Å². The van der Waals surface area contributed by atoms with Crippen LogP contribution in [0.4, 0.5) is 0 Å². The molecule has 0 radical (unpaired) electrons. The van der Waals surface area contributed by atoms with E-state index in [0.717, 1.165) is 18.8 Å². The second-order valence-electron chi connectivity index (χ2n) is 4.59. The molecule has 2 atom stereocenters. The van der Waals surface area contributed by atoms with Gasteiger partial charge in [-0.1, -0.05) is 67.0 Å². The van der Waals surface area contributed by atoms with Crippen LogP contribution in [-0.2, 0) is 4.79 Å². The second kappa shape index (κ2) is 17.2. The number of hydrogen-bond donors (Lipinski definition) is 0. The molecule has 2 nitrogen and oxygen atoms in total. The van der Waals surface area contributed by atoms with Crippen molar-refractivity contribution in [2.24, 2.45) is 11.8 Å². The minimum atomic E-state index is 0.105. The third-order valence-corrected chi connectivity index (χ3v) is 2.75. The Hall–Kier alpha value is -0.790. The van der Waals surface area contributed by atoms with Crippen LogP contribution >= 0.6 is 0 Å². The smallest absolute Gasteiger partial charge is 0.225 e. The molecule has 0 aliphatic rings. The Kier molecular flexibility index (Phi) is 21.1. The minimum absolute atomic E-state index is 0.105. The lowest BCUT2D eigenvalue weighted by Crippen LogP contribution is -2.27. The van der Waals surface area contributed by atoms with Gasteiger partial charge in [-0.25, -0.2) is 0 Å². The van der Waals surface area contributed by atoms with Gasteiger partial charge in [-0.3, -0.25) is 4.79 Å². The lowest BCUT2D eigenvalue weighted by atomic mass is 10.0. The Morgan fingerprint density at radius 2 is 1.42 bits per heavy atom. The van der Waals surface area contributed by atoms with Crippen molar-refractivity contribution in [2.45, 2.75) is 67.7 Å². The third-order valence-electron chi connectivity index (χ3n) is 2.75. The van der Waals surface area contributed by atoms with Crippen LogP contribution in [0.15, 0.2) is 12.2 Å². The summed E-state index contributed by atoms with van der Waals surface area (Å²) >= 11 is 0. The summed E-state index contributed by atoms with van der Waals surface area (Å²) < 4.78 is 0. The van der Waals surface area contributed by atoms with Gasteiger partial charge in [-0.05, 0) is 18.8 Å². The van der Waals surface area contributed by atoms with Crippen LogP contribution < -0.4 is 0 Å². The van der Waals surface area contributed by atoms with Crippen LogP contribution in [0, 0.1) is 11.8 Å². The maximum absolute atomic E-state index is 11.5. The topological polar surface area (TPSA) is 20.3 Å². The van der Waals surface area contributed by atoms with E-state index in [0.29, 0.717) is 0 Å². The van der Waals surface area contributed by atoms with E-state index in [1.54, 1.807) is 4.90 Å². The monoisotopic (exact) mass is 271 g/mol. The normalized spacial score (nSPS) is 12.7. The maximum Gasteiger partial charge on any atom is 0.225 e. The fourth-order valence-electron chi connectivity index (χ4n) is 1.34. The first-order valence-electron chi connectivity index (χ1n) is 7.85. The van der Waals surface area contributed by atoms with Crippen LogP contribution in [0.2, 0.25) is 0 Å². The SMILES string of the molecule is CC.CC.CCC(C)C/C=C/C[C@@H](C)C(=O)N(C)C. The van der Waals surface area contributed by atoms with Gasteiger partial charge in [0.05, 0.1) is 0 Å². The first-order chi connectivity index (χ1) is 8.99. The molecule has 0 bridgehead atoms. The van der Waals surface area contributed by atoms with Crippen molar-refractivity contribution in [2.75, 3.05) is 14.1 Å². The highest BCUT2D eigenvalue weighted by atomic mass is 16.2. The molecule has 0 aromatic carbocycles. The highest BCUT2D eigenvalue weighted by Crippen LogP contribution is 2.10. The Balaban J connectivity index is -0.000000579. The number of rotatable bonds is 6. The fraction of sp³-hybridized carbons (Fsp3) is 0.824. The van der Waals surface area contributed by atoms with Gasteiger partial charge in [-0.2, -0.15) is 0 Å². The van der Waals surface area contributed by atoms with Crippen molar-refractivity contribution in [3.63, 3.8) is 0 Å². The largest absolute Gasteiger partial charge is 0.349 e. The number of carbonyl (C=O) groups excluding carboxylic acids is 1. The zero-order valence-corrected chi connectivity index (χ0v) is 14.8. The molecule has 0 rings (SSSR count). The Morgan fingerprint density at radius 3 is 1.79 bits per heavy atom. The average Bonchev–Trinajstić information content (AvgIpc) is 2.46. The van der Waals surface area contributed by atoms with Gasteiger partial charge in [0.2, 0.25) is 5.91 Å². The van der Waals surface area contributed by atoms with E-state index in [1.165, 1.54) is 6.42 Å². The molecule has 2 heteroatoms.